The van der Waals surface area contributed by atoms with E-state index < -0.39 is 10.8 Å². The van der Waals surface area contributed by atoms with Crippen LogP contribution in [0.2, 0.25) is 0 Å². The van der Waals surface area contributed by atoms with Gasteiger partial charge < -0.3 is 9.80 Å². The van der Waals surface area contributed by atoms with E-state index in [-0.39, 0.29) is 0 Å². The molecule has 0 saturated carbocycles. The van der Waals surface area contributed by atoms with E-state index in [1.165, 1.54) is 149 Å². The molecule has 0 aromatic heterocycles. The average molecular weight is 1210 g/mol. The van der Waals surface area contributed by atoms with E-state index in [4.69, 9.17) is 0 Å². The van der Waals surface area contributed by atoms with Crippen LogP contribution >= 0.6 is 0 Å². The summed E-state index contributed by atoms with van der Waals surface area (Å²) < 4.78 is 0. The zero-order valence-electron chi connectivity index (χ0n) is 52.8. The van der Waals surface area contributed by atoms with Crippen LogP contribution in [0.25, 0.3) is 98.7 Å². The molecule has 95 heavy (non-hydrogen) atoms. The highest BCUT2D eigenvalue weighted by molar-refractivity contribution is 6.07. The van der Waals surface area contributed by atoms with Gasteiger partial charge in [-0.05, 0) is 290 Å². The second kappa shape index (κ2) is 20.3. The van der Waals surface area contributed by atoms with Gasteiger partial charge in [0.15, 0.2) is 0 Å². The Kier molecular flexibility index (Phi) is 11.5. The number of para-hydroxylation sites is 1. The standard InChI is InChI=1S/C93H62N2/c1-3-59-34-42-72(43-35-59)94(70-21-5-4-6-22-70)74-44-38-65-53-83-81-51-64-37-36-63(46-67(64)55-89(81)93(91(83)56-68(65)48-74)86-30-15-11-26-78(86)79-27-12-16-31-87(79)93)60-20-17-23-73(47-60)95(71-40-32-58(2)33-41-71)75-45-39-66-52-82-80-50-61-18-7-8-19-62(61)54-88(80)92(90(82)57-69(66)49-75)84-28-13-9-24-76(84)77-25-10-14-29-85(77)92/h4-57H,3H2,1-2H3. The number of aryl methyl sites for hydroxylation is 2. The first-order chi connectivity index (χ1) is 46.9. The van der Waals surface area contributed by atoms with Crippen LogP contribution < -0.4 is 9.80 Å². The first-order valence-corrected chi connectivity index (χ1v) is 33.5. The van der Waals surface area contributed by atoms with Crippen LogP contribution in [0.5, 0.6) is 0 Å². The summed E-state index contributed by atoms with van der Waals surface area (Å²) in [6, 6.07) is 125. The van der Waals surface area contributed by atoms with E-state index in [1.807, 2.05) is 0 Å². The summed E-state index contributed by atoms with van der Waals surface area (Å²) in [4.78, 5) is 4.85. The van der Waals surface area contributed by atoms with E-state index in [1.54, 1.807) is 0 Å². The third-order valence-corrected chi connectivity index (χ3v) is 21.7. The number of fused-ring (bicyclic) bond motifs is 24. The van der Waals surface area contributed by atoms with Crippen molar-refractivity contribution in [3.63, 3.8) is 0 Å². The Hall–Kier alpha value is -11.8. The number of anilines is 6. The summed E-state index contributed by atoms with van der Waals surface area (Å²) in [6.07, 6.45) is 1.00. The van der Waals surface area contributed by atoms with Gasteiger partial charge in [0, 0.05) is 34.1 Å². The smallest absolute Gasteiger partial charge is 0.0725 e. The summed E-state index contributed by atoms with van der Waals surface area (Å²) in [7, 11) is 0. The van der Waals surface area contributed by atoms with E-state index in [2.05, 4.69) is 351 Å². The lowest BCUT2D eigenvalue weighted by atomic mass is 9.70. The molecule has 2 heteroatoms. The second-order valence-electron chi connectivity index (χ2n) is 26.7. The zero-order chi connectivity index (χ0) is 62.7. The fourth-order valence-electron chi connectivity index (χ4n) is 17.5. The zero-order valence-corrected chi connectivity index (χ0v) is 52.8. The van der Waals surface area contributed by atoms with Crippen LogP contribution in [0.15, 0.2) is 328 Å². The normalized spacial score (nSPS) is 13.6. The molecular weight excluding hydrogens is 1150 g/mol. The highest BCUT2D eigenvalue weighted by Gasteiger charge is 2.53. The van der Waals surface area contributed by atoms with Gasteiger partial charge in [-0.15, -0.1) is 0 Å². The molecule has 0 amide bonds. The summed E-state index contributed by atoms with van der Waals surface area (Å²) in [5.41, 5.74) is 31.8. The van der Waals surface area contributed by atoms with Gasteiger partial charge in [0.25, 0.3) is 0 Å². The van der Waals surface area contributed by atoms with Crippen molar-refractivity contribution in [1.29, 1.82) is 0 Å². The van der Waals surface area contributed by atoms with Crippen molar-refractivity contribution in [3.8, 4) is 55.6 Å². The number of hydrogen-bond acceptors (Lipinski definition) is 2. The maximum Gasteiger partial charge on any atom is 0.0725 e. The molecule has 16 aromatic carbocycles. The van der Waals surface area contributed by atoms with E-state index >= 15 is 0 Å². The number of rotatable bonds is 8. The SMILES string of the molecule is CCc1ccc(N(c2ccccc2)c2ccc3cc4c(cc3c2)C2(c3ccccc3-c3ccccc32)c2cc3cc(-c5cccc(N(c6ccc(C)cc6)c6ccc7cc8c(cc7c6)C6(c7ccccc7-c7ccccc76)c6cc7ccccc7cc6-8)c5)ccc3cc2-4)cc1. The molecule has 444 valence electrons. The van der Waals surface area contributed by atoms with E-state index in [0.717, 1.165) is 46.1 Å². The molecule has 20 rings (SSSR count). The van der Waals surface area contributed by atoms with Crippen LogP contribution in [-0.4, -0.2) is 0 Å². The number of hydrogen-bond donors (Lipinski definition) is 0. The van der Waals surface area contributed by atoms with Crippen molar-refractivity contribution in [1.82, 2.24) is 0 Å². The van der Waals surface area contributed by atoms with Gasteiger partial charge in [0.05, 0.1) is 10.8 Å². The lowest BCUT2D eigenvalue weighted by molar-refractivity contribution is 0.796. The average Bonchev–Trinajstić information content (AvgIpc) is 1.51. The first kappa shape index (κ1) is 53.8. The minimum atomic E-state index is -0.541. The third-order valence-electron chi connectivity index (χ3n) is 21.7. The molecule has 0 atom stereocenters. The van der Waals surface area contributed by atoms with Gasteiger partial charge in [0.1, 0.15) is 0 Å². The van der Waals surface area contributed by atoms with Crippen molar-refractivity contribution in [2.45, 2.75) is 31.1 Å². The second-order valence-corrected chi connectivity index (χ2v) is 26.7. The molecule has 16 aromatic rings. The van der Waals surface area contributed by atoms with Crippen LogP contribution in [0, 0.1) is 6.92 Å². The molecule has 0 heterocycles. The molecule has 2 nitrogen and oxygen atoms in total. The summed E-state index contributed by atoms with van der Waals surface area (Å²) in [5.74, 6) is 0. The minimum absolute atomic E-state index is 0.471. The molecule has 0 bridgehead atoms. The van der Waals surface area contributed by atoms with Gasteiger partial charge in [-0.25, -0.2) is 0 Å². The van der Waals surface area contributed by atoms with Crippen molar-refractivity contribution >= 4 is 77.2 Å². The lowest BCUT2D eigenvalue weighted by Crippen LogP contribution is -2.25. The Bertz CT molecular complexity index is 5820. The predicted molar refractivity (Wildman–Crippen MR) is 398 cm³/mol. The fourth-order valence-corrected chi connectivity index (χ4v) is 17.5. The van der Waals surface area contributed by atoms with Gasteiger partial charge in [0.2, 0.25) is 0 Å². The maximum atomic E-state index is 2.54. The number of benzene rings is 16. The van der Waals surface area contributed by atoms with Gasteiger partial charge in [-0.2, -0.15) is 0 Å². The molecule has 0 radical (unpaired) electrons. The largest absolute Gasteiger partial charge is 0.310 e. The molecule has 0 saturated heterocycles. The summed E-state index contributed by atoms with van der Waals surface area (Å²) >= 11 is 0. The molecule has 0 unspecified atom stereocenters. The van der Waals surface area contributed by atoms with Crippen LogP contribution in [-0.2, 0) is 17.3 Å². The summed E-state index contributed by atoms with van der Waals surface area (Å²) in [5, 5.41) is 9.84. The first-order valence-electron chi connectivity index (χ1n) is 33.5. The highest BCUT2D eigenvalue weighted by atomic mass is 15.1. The Labute approximate surface area is 553 Å². The molecule has 0 aliphatic heterocycles. The minimum Gasteiger partial charge on any atom is -0.310 e. The monoisotopic (exact) mass is 1210 g/mol. The van der Waals surface area contributed by atoms with Gasteiger partial charge in [-0.3, -0.25) is 0 Å². The van der Waals surface area contributed by atoms with Crippen LogP contribution in [0.4, 0.5) is 34.1 Å². The van der Waals surface area contributed by atoms with Crippen molar-refractivity contribution in [3.05, 3.63) is 383 Å². The Morgan fingerprint density at radius 1 is 0.221 bits per heavy atom. The topological polar surface area (TPSA) is 6.48 Å². The van der Waals surface area contributed by atoms with E-state index in [0.29, 0.717) is 0 Å². The van der Waals surface area contributed by atoms with Crippen molar-refractivity contribution in [2.75, 3.05) is 9.80 Å². The predicted octanol–water partition coefficient (Wildman–Crippen LogP) is 24.5. The van der Waals surface area contributed by atoms with Crippen LogP contribution in [0.1, 0.15) is 62.6 Å². The van der Waals surface area contributed by atoms with Gasteiger partial charge >= 0.3 is 0 Å². The van der Waals surface area contributed by atoms with Crippen molar-refractivity contribution in [2.24, 2.45) is 0 Å². The summed E-state index contributed by atoms with van der Waals surface area (Å²) in [6.45, 7) is 4.39. The molecular formula is C93H62N2. The molecule has 4 aliphatic carbocycles. The van der Waals surface area contributed by atoms with Crippen LogP contribution in [0.3, 0.4) is 0 Å². The molecule has 0 fully saturated rings. The highest BCUT2D eigenvalue weighted by Crippen LogP contribution is 2.66. The van der Waals surface area contributed by atoms with Crippen molar-refractivity contribution < 1.29 is 0 Å². The molecule has 2 spiro atoms. The maximum absolute atomic E-state index is 2.54. The van der Waals surface area contributed by atoms with Gasteiger partial charge in [-0.1, -0.05) is 213 Å². The quantitative estimate of drug-likeness (QED) is 0.150. The Balaban J connectivity index is 0.727. The molecule has 0 N–H and O–H groups in total. The third kappa shape index (κ3) is 7.68. The Morgan fingerprint density at radius 3 is 1.04 bits per heavy atom. The van der Waals surface area contributed by atoms with E-state index in [9.17, 15) is 0 Å². The fraction of sp³-hybridized carbons (Fsp3) is 0.0538. The Morgan fingerprint density at radius 2 is 0.558 bits per heavy atom. The lowest BCUT2D eigenvalue weighted by Gasteiger charge is -2.31. The molecule has 4 aliphatic rings. The number of nitrogens with zero attached hydrogens (tertiary/aromatic N) is 2.